The molecule has 0 aliphatic heterocycles. The molecule has 5 nitrogen and oxygen atoms in total. The van der Waals surface area contributed by atoms with Crippen molar-refractivity contribution in [3.63, 3.8) is 0 Å². The van der Waals surface area contributed by atoms with Gasteiger partial charge < -0.3 is 5.11 Å². The van der Waals surface area contributed by atoms with Crippen molar-refractivity contribution in [1.29, 1.82) is 0 Å². The molecule has 0 unspecified atom stereocenters. The summed E-state index contributed by atoms with van der Waals surface area (Å²) in [6.45, 7) is 1.41. The molecule has 3 rings (SSSR count). The lowest BCUT2D eigenvalue weighted by Crippen LogP contribution is -2.22. The molecule has 1 saturated carbocycles. The van der Waals surface area contributed by atoms with E-state index < -0.39 is 0 Å². The van der Waals surface area contributed by atoms with Gasteiger partial charge in [-0.15, -0.1) is 0 Å². The van der Waals surface area contributed by atoms with Crippen molar-refractivity contribution in [2.24, 2.45) is 0 Å². The minimum atomic E-state index is -0.0600. The molecule has 0 bridgehead atoms. The van der Waals surface area contributed by atoms with E-state index in [-0.39, 0.29) is 6.61 Å². The van der Waals surface area contributed by atoms with Crippen molar-refractivity contribution < 1.29 is 5.11 Å². The van der Waals surface area contributed by atoms with Crippen LogP contribution in [0.5, 0.6) is 0 Å². The van der Waals surface area contributed by atoms with Crippen LogP contribution in [0.2, 0.25) is 0 Å². The lowest BCUT2D eigenvalue weighted by Gasteiger charge is -2.16. The van der Waals surface area contributed by atoms with Crippen LogP contribution in [0.25, 0.3) is 0 Å². The minimum absolute atomic E-state index is 0.0600. The summed E-state index contributed by atoms with van der Waals surface area (Å²) in [4.78, 5) is 2.16. The van der Waals surface area contributed by atoms with Crippen LogP contribution in [0.15, 0.2) is 30.3 Å². The first-order chi connectivity index (χ1) is 10.2. The third kappa shape index (κ3) is 3.23. The van der Waals surface area contributed by atoms with Crippen molar-refractivity contribution in [3.8, 4) is 0 Å². The SMILES string of the molecule is CN(Cc1ccccc1)Cn1nc(CO)n(C2CC2)c1=S. The molecule has 0 amide bonds. The smallest absolute Gasteiger partial charge is 0.199 e. The van der Waals surface area contributed by atoms with Gasteiger partial charge in [0.1, 0.15) is 6.61 Å². The van der Waals surface area contributed by atoms with Crippen molar-refractivity contribution in [2.45, 2.75) is 38.7 Å². The zero-order valence-electron chi connectivity index (χ0n) is 12.1. The molecule has 1 heterocycles. The largest absolute Gasteiger partial charge is 0.388 e. The lowest BCUT2D eigenvalue weighted by atomic mass is 10.2. The fourth-order valence-corrected chi connectivity index (χ4v) is 2.89. The molecule has 6 heteroatoms. The Morgan fingerprint density at radius 3 is 2.67 bits per heavy atom. The van der Waals surface area contributed by atoms with Crippen LogP contribution in [0.4, 0.5) is 0 Å². The van der Waals surface area contributed by atoms with Gasteiger partial charge in [0.05, 0.1) is 6.67 Å². The molecule has 1 aromatic heterocycles. The van der Waals surface area contributed by atoms with E-state index >= 15 is 0 Å². The van der Waals surface area contributed by atoms with Gasteiger partial charge in [-0.05, 0) is 37.7 Å². The molecular formula is C15H20N4OS. The Morgan fingerprint density at radius 1 is 1.33 bits per heavy atom. The van der Waals surface area contributed by atoms with Crippen LogP contribution in [0.3, 0.4) is 0 Å². The van der Waals surface area contributed by atoms with Gasteiger partial charge in [-0.3, -0.25) is 9.47 Å². The van der Waals surface area contributed by atoms with Crippen LogP contribution in [0.1, 0.15) is 30.3 Å². The number of hydrogen-bond donors (Lipinski definition) is 1. The quantitative estimate of drug-likeness (QED) is 0.832. The van der Waals surface area contributed by atoms with E-state index in [4.69, 9.17) is 12.2 Å². The Morgan fingerprint density at radius 2 is 2.05 bits per heavy atom. The number of aliphatic hydroxyl groups excluding tert-OH is 1. The predicted octanol–water partition coefficient (Wildman–Crippen LogP) is 2.33. The summed E-state index contributed by atoms with van der Waals surface area (Å²) >= 11 is 5.50. The van der Waals surface area contributed by atoms with E-state index in [2.05, 4.69) is 22.1 Å². The van der Waals surface area contributed by atoms with Gasteiger partial charge in [-0.2, -0.15) is 5.10 Å². The molecule has 1 aliphatic carbocycles. The van der Waals surface area contributed by atoms with E-state index in [0.29, 0.717) is 23.3 Å². The van der Waals surface area contributed by atoms with Gasteiger partial charge >= 0.3 is 0 Å². The molecule has 112 valence electrons. The molecule has 0 radical (unpaired) electrons. The number of aromatic nitrogens is 3. The average molecular weight is 304 g/mol. The molecule has 2 aromatic rings. The highest BCUT2D eigenvalue weighted by atomic mass is 32.1. The second-order valence-electron chi connectivity index (χ2n) is 5.60. The summed E-state index contributed by atoms with van der Waals surface area (Å²) in [7, 11) is 2.05. The molecule has 0 atom stereocenters. The van der Waals surface area contributed by atoms with Crippen molar-refractivity contribution >= 4 is 12.2 Å². The molecule has 1 N–H and O–H groups in total. The Labute approximate surface area is 129 Å². The van der Waals surface area contributed by atoms with E-state index in [9.17, 15) is 5.11 Å². The number of hydrogen-bond acceptors (Lipinski definition) is 4. The molecule has 0 saturated heterocycles. The highest BCUT2D eigenvalue weighted by molar-refractivity contribution is 7.71. The van der Waals surface area contributed by atoms with E-state index in [1.807, 2.05) is 34.5 Å². The summed E-state index contributed by atoms with van der Waals surface area (Å²) in [5, 5.41) is 13.9. The Kier molecular flexibility index (Phi) is 4.19. The number of benzene rings is 1. The van der Waals surface area contributed by atoms with Gasteiger partial charge in [0.25, 0.3) is 0 Å². The maximum absolute atomic E-state index is 9.45. The summed E-state index contributed by atoms with van der Waals surface area (Å²) in [6, 6.07) is 10.8. The van der Waals surface area contributed by atoms with E-state index in [1.165, 1.54) is 5.56 Å². The summed E-state index contributed by atoms with van der Waals surface area (Å²) in [5.74, 6) is 0.676. The second kappa shape index (κ2) is 6.09. The maximum atomic E-state index is 9.45. The van der Waals surface area contributed by atoms with Crippen molar-refractivity contribution in [2.75, 3.05) is 7.05 Å². The summed E-state index contributed by atoms with van der Waals surface area (Å²) < 4.78 is 4.52. The first kappa shape index (κ1) is 14.4. The Balaban J connectivity index is 1.74. The average Bonchev–Trinajstić information content (AvgIpc) is 3.26. The van der Waals surface area contributed by atoms with Crippen molar-refractivity contribution in [1.82, 2.24) is 19.2 Å². The number of nitrogens with zero attached hydrogens (tertiary/aromatic N) is 4. The normalized spacial score (nSPS) is 14.8. The molecular weight excluding hydrogens is 284 g/mol. The highest BCUT2D eigenvalue weighted by Crippen LogP contribution is 2.36. The van der Waals surface area contributed by atoms with Crippen LogP contribution < -0.4 is 0 Å². The molecule has 21 heavy (non-hydrogen) atoms. The number of aliphatic hydroxyl groups is 1. The monoisotopic (exact) mass is 304 g/mol. The van der Waals surface area contributed by atoms with Gasteiger partial charge in [-0.1, -0.05) is 30.3 Å². The summed E-state index contributed by atoms with van der Waals surface area (Å²) in [5.41, 5.74) is 1.26. The zero-order chi connectivity index (χ0) is 14.8. The van der Waals surface area contributed by atoms with E-state index in [1.54, 1.807) is 0 Å². The Bertz CT molecular complexity index is 660. The van der Waals surface area contributed by atoms with Crippen LogP contribution in [0, 0.1) is 4.77 Å². The maximum Gasteiger partial charge on any atom is 0.199 e. The van der Waals surface area contributed by atoms with Gasteiger partial charge in [0.2, 0.25) is 0 Å². The fraction of sp³-hybridized carbons (Fsp3) is 0.467. The molecule has 1 fully saturated rings. The standard InChI is InChI=1S/C15H20N4OS/c1-17(9-12-5-3-2-4-6-12)11-18-15(21)19(13-7-8-13)14(10-20)16-18/h2-6,13,20H,7-11H2,1H3. The van der Waals surface area contributed by atoms with Gasteiger partial charge in [0, 0.05) is 12.6 Å². The van der Waals surface area contributed by atoms with Gasteiger partial charge in [-0.25, -0.2) is 4.68 Å². The van der Waals surface area contributed by atoms with Crippen LogP contribution in [-0.4, -0.2) is 31.4 Å². The summed E-state index contributed by atoms with van der Waals surface area (Å²) in [6.07, 6.45) is 2.26. The highest BCUT2D eigenvalue weighted by Gasteiger charge is 2.28. The van der Waals surface area contributed by atoms with Crippen LogP contribution in [-0.2, 0) is 19.8 Å². The fourth-order valence-electron chi connectivity index (χ4n) is 2.54. The lowest BCUT2D eigenvalue weighted by molar-refractivity contribution is 0.238. The molecule has 1 aliphatic rings. The first-order valence-corrected chi connectivity index (χ1v) is 7.61. The second-order valence-corrected chi connectivity index (χ2v) is 5.96. The van der Waals surface area contributed by atoms with Crippen LogP contribution >= 0.6 is 12.2 Å². The number of rotatable bonds is 6. The predicted molar refractivity (Wildman–Crippen MR) is 83.2 cm³/mol. The minimum Gasteiger partial charge on any atom is -0.388 e. The zero-order valence-corrected chi connectivity index (χ0v) is 13.0. The first-order valence-electron chi connectivity index (χ1n) is 7.20. The van der Waals surface area contributed by atoms with E-state index in [0.717, 1.165) is 19.4 Å². The molecule has 0 spiro atoms. The Hall–Kier alpha value is -1.50. The third-order valence-corrected chi connectivity index (χ3v) is 4.07. The molecule has 1 aromatic carbocycles. The van der Waals surface area contributed by atoms with Gasteiger partial charge in [0.15, 0.2) is 10.6 Å². The van der Waals surface area contributed by atoms with Crippen molar-refractivity contribution in [3.05, 3.63) is 46.5 Å². The topological polar surface area (TPSA) is 46.2 Å². The third-order valence-electron chi connectivity index (χ3n) is 3.67.